The summed E-state index contributed by atoms with van der Waals surface area (Å²) in [6.07, 6.45) is -3.52. The fourth-order valence-electron chi connectivity index (χ4n) is 4.15. The number of nitrogens with zero attached hydrogens (tertiary/aromatic N) is 2. The zero-order valence-electron chi connectivity index (χ0n) is 24.2. The highest BCUT2D eigenvalue weighted by atomic mass is 35.5. The number of sulfonamides is 1. The molecule has 240 valence electrons. The van der Waals surface area contributed by atoms with Gasteiger partial charge in [-0.05, 0) is 72.6 Å². The molecule has 14 heteroatoms. The maximum absolute atomic E-state index is 13.5. The molecule has 2 N–H and O–H groups in total. The summed E-state index contributed by atoms with van der Waals surface area (Å²) in [5.41, 5.74) is 1.98. The van der Waals surface area contributed by atoms with Gasteiger partial charge in [-0.1, -0.05) is 60.1 Å². The maximum Gasteiger partial charge on any atom is 0.416 e. The lowest BCUT2D eigenvalue weighted by molar-refractivity contribution is -0.137. The molecule has 1 atom stereocenters. The molecule has 0 radical (unpaired) electrons. The van der Waals surface area contributed by atoms with Crippen LogP contribution in [0.1, 0.15) is 29.7 Å². The molecule has 0 aromatic heterocycles. The monoisotopic (exact) mass is 672 g/mol. The Hall–Kier alpha value is -4.88. The Morgan fingerprint density at radius 2 is 1.57 bits per heavy atom. The summed E-state index contributed by atoms with van der Waals surface area (Å²) in [6.45, 7) is 0.729. The number of hydrogen-bond donors (Lipinski definition) is 2. The summed E-state index contributed by atoms with van der Waals surface area (Å²) in [5, 5.41) is 6.36. The summed E-state index contributed by atoms with van der Waals surface area (Å²) in [7, 11) is -4.52. The van der Waals surface area contributed by atoms with E-state index < -0.39 is 39.9 Å². The van der Waals surface area contributed by atoms with E-state index >= 15 is 0 Å². The Balaban J connectivity index is 1.39. The highest BCUT2D eigenvalue weighted by molar-refractivity contribution is 7.92. The van der Waals surface area contributed by atoms with Crippen LogP contribution in [0.5, 0.6) is 5.75 Å². The van der Waals surface area contributed by atoms with Crippen LogP contribution in [0.4, 0.5) is 18.9 Å². The van der Waals surface area contributed by atoms with E-state index in [1.54, 1.807) is 30.3 Å². The van der Waals surface area contributed by atoms with Crippen LogP contribution in [0.2, 0.25) is 5.02 Å². The second kappa shape index (κ2) is 14.9. The number of hydrazone groups is 1. The van der Waals surface area contributed by atoms with Gasteiger partial charge in [0.15, 0.2) is 6.61 Å². The Kier molecular flexibility index (Phi) is 11.0. The van der Waals surface area contributed by atoms with Crippen molar-refractivity contribution in [3.63, 3.8) is 0 Å². The number of halogens is 4. The van der Waals surface area contributed by atoms with Gasteiger partial charge < -0.3 is 10.1 Å². The summed E-state index contributed by atoms with van der Waals surface area (Å²) in [4.78, 5) is 24.8. The van der Waals surface area contributed by atoms with Gasteiger partial charge in [-0.25, -0.2) is 13.8 Å². The van der Waals surface area contributed by atoms with Gasteiger partial charge >= 0.3 is 6.18 Å². The van der Waals surface area contributed by atoms with E-state index in [2.05, 4.69) is 15.8 Å². The predicted octanol–water partition coefficient (Wildman–Crippen LogP) is 5.96. The highest BCUT2D eigenvalue weighted by Gasteiger charge is 2.34. The molecular formula is C32H28ClF3N4O5S. The highest BCUT2D eigenvalue weighted by Crippen LogP contribution is 2.37. The van der Waals surface area contributed by atoms with Crippen LogP contribution in [-0.4, -0.2) is 39.6 Å². The molecule has 0 saturated heterocycles. The molecule has 0 fully saturated rings. The maximum atomic E-state index is 13.5. The lowest BCUT2D eigenvalue weighted by Gasteiger charge is -2.25. The first kappa shape index (κ1) is 34.0. The van der Waals surface area contributed by atoms with Gasteiger partial charge in [0.1, 0.15) is 12.3 Å². The van der Waals surface area contributed by atoms with Crippen LogP contribution in [0.25, 0.3) is 0 Å². The van der Waals surface area contributed by atoms with Crippen LogP contribution < -0.4 is 19.8 Å². The minimum atomic E-state index is -4.79. The van der Waals surface area contributed by atoms with Crippen molar-refractivity contribution in [2.24, 2.45) is 5.10 Å². The van der Waals surface area contributed by atoms with Gasteiger partial charge in [0.2, 0.25) is 0 Å². The van der Waals surface area contributed by atoms with E-state index in [0.717, 1.165) is 11.6 Å². The van der Waals surface area contributed by atoms with Gasteiger partial charge in [0.25, 0.3) is 21.8 Å². The first-order valence-electron chi connectivity index (χ1n) is 13.7. The Bertz CT molecular complexity index is 1790. The molecule has 46 heavy (non-hydrogen) atoms. The number of ether oxygens (including phenoxy) is 1. The van der Waals surface area contributed by atoms with Crippen LogP contribution in [0, 0.1) is 0 Å². The van der Waals surface area contributed by atoms with Crippen molar-refractivity contribution in [3.05, 3.63) is 125 Å². The molecule has 4 aromatic carbocycles. The Labute approximate surface area is 268 Å². The average Bonchev–Trinajstić information content (AvgIpc) is 3.04. The van der Waals surface area contributed by atoms with Crippen molar-refractivity contribution in [1.82, 2.24) is 10.7 Å². The fraction of sp³-hybridized carbons (Fsp3) is 0.156. The van der Waals surface area contributed by atoms with Gasteiger partial charge in [0.05, 0.1) is 33.4 Å². The van der Waals surface area contributed by atoms with E-state index in [1.807, 2.05) is 37.3 Å². The molecule has 0 aliphatic carbocycles. The van der Waals surface area contributed by atoms with Crippen LogP contribution in [0.15, 0.2) is 113 Å². The molecule has 4 aromatic rings. The number of nitrogens with one attached hydrogen (secondary N) is 2. The third-order valence-corrected chi connectivity index (χ3v) is 8.58. The lowest BCUT2D eigenvalue weighted by atomic mass is 10.1. The molecular weight excluding hydrogens is 645 g/mol. The topological polar surface area (TPSA) is 117 Å². The summed E-state index contributed by atoms with van der Waals surface area (Å²) < 4.78 is 73.3. The van der Waals surface area contributed by atoms with Crippen molar-refractivity contribution in [1.29, 1.82) is 0 Å². The van der Waals surface area contributed by atoms with Crippen LogP contribution >= 0.6 is 11.6 Å². The van der Waals surface area contributed by atoms with Gasteiger partial charge in [-0.3, -0.25) is 13.9 Å². The summed E-state index contributed by atoms with van der Waals surface area (Å²) >= 11 is 6.14. The number of carbonyl (C=O) groups excluding carboxylic acids is 2. The predicted molar refractivity (Wildman–Crippen MR) is 168 cm³/mol. The van der Waals surface area contributed by atoms with Crippen molar-refractivity contribution >= 4 is 45.3 Å². The minimum Gasteiger partial charge on any atom is -0.484 e. The van der Waals surface area contributed by atoms with Gasteiger partial charge in [-0.2, -0.15) is 18.3 Å². The molecule has 2 amide bonds. The smallest absolute Gasteiger partial charge is 0.416 e. The summed E-state index contributed by atoms with van der Waals surface area (Å²) in [6, 6.07) is 24.7. The van der Waals surface area contributed by atoms with E-state index in [-0.39, 0.29) is 28.5 Å². The molecule has 4 rings (SSSR count). The third-order valence-electron chi connectivity index (χ3n) is 6.49. The van der Waals surface area contributed by atoms with E-state index in [1.165, 1.54) is 30.5 Å². The van der Waals surface area contributed by atoms with E-state index in [0.29, 0.717) is 27.8 Å². The molecule has 0 spiro atoms. The Morgan fingerprint density at radius 3 is 2.20 bits per heavy atom. The van der Waals surface area contributed by atoms with Crippen molar-refractivity contribution in [3.8, 4) is 5.75 Å². The van der Waals surface area contributed by atoms with Gasteiger partial charge in [-0.15, -0.1) is 0 Å². The number of alkyl halides is 3. The number of rotatable bonds is 12. The van der Waals surface area contributed by atoms with Crippen molar-refractivity contribution in [2.75, 3.05) is 17.5 Å². The van der Waals surface area contributed by atoms with E-state index in [4.69, 9.17) is 16.3 Å². The first-order chi connectivity index (χ1) is 21.8. The number of amides is 2. The SMILES string of the molecule is C[C@H](NC(=O)COc1ccc(/C=N\NC(=O)CN(c2cc(C(F)(F)F)ccc2Cl)S(=O)(=O)c2ccccc2)cc1)c1ccccc1. The van der Waals surface area contributed by atoms with Gasteiger partial charge in [0, 0.05) is 0 Å². The normalized spacial score (nSPS) is 12.4. The molecule has 0 heterocycles. The molecule has 0 saturated carbocycles. The second-order valence-corrected chi connectivity index (χ2v) is 12.1. The molecule has 0 unspecified atom stereocenters. The third kappa shape index (κ3) is 9.08. The first-order valence-corrected chi connectivity index (χ1v) is 15.5. The van der Waals surface area contributed by atoms with Crippen molar-refractivity contribution in [2.45, 2.75) is 24.0 Å². The van der Waals surface area contributed by atoms with Crippen molar-refractivity contribution < 1.29 is 35.9 Å². The molecule has 0 aliphatic rings. The lowest BCUT2D eigenvalue weighted by Crippen LogP contribution is -2.40. The fourth-order valence-corrected chi connectivity index (χ4v) is 5.87. The molecule has 0 bridgehead atoms. The standard InChI is InChI=1S/C32H28ClF3N4O5S/c1-22(24-8-4-2-5-9-24)38-31(42)21-45-26-15-12-23(13-16-26)19-37-39-30(41)20-40(46(43,44)27-10-6-3-7-11-27)29-18-25(32(34,35)36)14-17-28(29)33/h2-19,22H,20-21H2,1H3,(H,38,42)(H,39,41)/b37-19-/t22-/m0/s1. The zero-order chi connectivity index (χ0) is 33.3. The number of benzene rings is 4. The molecule has 0 aliphatic heterocycles. The average molecular weight is 673 g/mol. The number of hydrogen-bond acceptors (Lipinski definition) is 6. The molecule has 9 nitrogen and oxygen atoms in total. The van der Waals surface area contributed by atoms with Crippen LogP contribution in [-0.2, 0) is 25.8 Å². The summed E-state index contributed by atoms with van der Waals surface area (Å²) in [5.74, 6) is -0.845. The number of anilines is 1. The Morgan fingerprint density at radius 1 is 0.935 bits per heavy atom. The minimum absolute atomic E-state index is 0.196. The number of carbonyl (C=O) groups is 2. The zero-order valence-corrected chi connectivity index (χ0v) is 25.8. The quantitative estimate of drug-likeness (QED) is 0.142. The van der Waals surface area contributed by atoms with E-state index in [9.17, 15) is 31.2 Å². The largest absolute Gasteiger partial charge is 0.484 e. The van der Waals surface area contributed by atoms with Crippen LogP contribution in [0.3, 0.4) is 0 Å². The second-order valence-electron chi connectivity index (χ2n) is 9.84.